The van der Waals surface area contributed by atoms with Gasteiger partial charge in [-0.05, 0) is 24.3 Å². The molecule has 0 fully saturated rings. The first kappa shape index (κ1) is 12.0. The average molecular weight is 296 g/mol. The van der Waals surface area contributed by atoms with Gasteiger partial charge in [0.15, 0.2) is 0 Å². The highest BCUT2D eigenvalue weighted by atomic mass is 35.5. The molecule has 1 aliphatic rings. The third-order valence-electron chi connectivity index (χ3n) is 2.69. The zero-order chi connectivity index (χ0) is 12.5. The van der Waals surface area contributed by atoms with E-state index in [-0.39, 0.29) is 5.12 Å². The predicted molar refractivity (Wildman–Crippen MR) is 80.9 cm³/mol. The number of rotatable bonds is 2. The van der Waals surface area contributed by atoms with E-state index in [1.54, 1.807) is 0 Å². The van der Waals surface area contributed by atoms with Crippen molar-refractivity contribution in [2.24, 2.45) is 4.99 Å². The number of benzene rings is 1. The molecule has 0 spiro atoms. The maximum absolute atomic E-state index is 12.3. The molecule has 2 nitrogen and oxygen atoms in total. The third-order valence-corrected chi connectivity index (χ3v) is 5.97. The molecule has 5 heteroatoms. The number of aliphatic imine (C=N–C) groups is 1. The number of halogens is 1. The SMILES string of the molecule is O=C1c2ccccc2N=C[SH]1Cc1ccc(Cl)s1. The molecule has 1 atom stereocenters. The molecular weight excluding hydrogens is 286 g/mol. The van der Waals surface area contributed by atoms with Gasteiger partial charge in [0.25, 0.3) is 0 Å². The second-order valence-electron chi connectivity index (χ2n) is 3.90. The van der Waals surface area contributed by atoms with Crippen LogP contribution in [-0.4, -0.2) is 10.7 Å². The van der Waals surface area contributed by atoms with Crippen molar-refractivity contribution in [2.45, 2.75) is 5.75 Å². The highest BCUT2D eigenvalue weighted by Crippen LogP contribution is 2.41. The molecule has 2 heterocycles. The fourth-order valence-corrected chi connectivity index (χ4v) is 4.92. The van der Waals surface area contributed by atoms with E-state index in [0.717, 1.165) is 26.2 Å². The van der Waals surface area contributed by atoms with Gasteiger partial charge in [0.05, 0.1) is 15.6 Å². The van der Waals surface area contributed by atoms with E-state index in [9.17, 15) is 4.79 Å². The van der Waals surface area contributed by atoms with E-state index in [1.807, 2.05) is 41.9 Å². The Morgan fingerprint density at radius 3 is 2.83 bits per heavy atom. The van der Waals surface area contributed by atoms with Crippen LogP contribution in [0.4, 0.5) is 5.69 Å². The van der Waals surface area contributed by atoms with Crippen LogP contribution in [0.5, 0.6) is 0 Å². The summed E-state index contributed by atoms with van der Waals surface area (Å²) in [5.41, 5.74) is 3.34. The second-order valence-corrected chi connectivity index (χ2v) is 7.59. The minimum atomic E-state index is -0.861. The van der Waals surface area contributed by atoms with Crippen molar-refractivity contribution in [1.29, 1.82) is 0 Å². The second kappa shape index (κ2) is 4.88. The van der Waals surface area contributed by atoms with E-state index >= 15 is 0 Å². The van der Waals surface area contributed by atoms with Crippen LogP contribution in [0.3, 0.4) is 0 Å². The molecule has 0 radical (unpaired) electrons. The first-order chi connectivity index (χ1) is 8.74. The van der Waals surface area contributed by atoms with E-state index in [2.05, 4.69) is 4.99 Å². The van der Waals surface area contributed by atoms with Crippen molar-refractivity contribution in [3.8, 4) is 0 Å². The highest BCUT2D eigenvalue weighted by molar-refractivity contribution is 8.39. The molecule has 1 unspecified atom stereocenters. The standard InChI is InChI=1S/C13H10ClNOS2/c14-12-6-5-9(17-12)7-18-8-15-11-4-2-1-3-10(11)13(18)16/h1-6,8,18H,7H2. The van der Waals surface area contributed by atoms with Crippen LogP contribution in [0.25, 0.3) is 0 Å². The topological polar surface area (TPSA) is 29.4 Å². The Morgan fingerprint density at radius 2 is 2.06 bits per heavy atom. The van der Waals surface area contributed by atoms with Crippen molar-refractivity contribution in [2.75, 3.05) is 0 Å². The maximum atomic E-state index is 12.3. The molecule has 0 amide bonds. The lowest BCUT2D eigenvalue weighted by Crippen LogP contribution is -2.07. The molecule has 0 saturated heterocycles. The van der Waals surface area contributed by atoms with E-state index in [1.165, 1.54) is 11.3 Å². The van der Waals surface area contributed by atoms with Gasteiger partial charge in [0.2, 0.25) is 5.12 Å². The van der Waals surface area contributed by atoms with Gasteiger partial charge in [-0.25, -0.2) is 0 Å². The Bertz CT molecular complexity index is 635. The molecule has 0 N–H and O–H groups in total. The van der Waals surface area contributed by atoms with Crippen molar-refractivity contribution in [3.63, 3.8) is 0 Å². The molecule has 1 aromatic carbocycles. The Labute approximate surface area is 117 Å². The number of hydrogen-bond donors (Lipinski definition) is 1. The molecule has 2 aromatic rings. The number of fused-ring (bicyclic) bond motifs is 1. The average Bonchev–Trinajstić information content (AvgIpc) is 2.79. The molecule has 18 heavy (non-hydrogen) atoms. The molecule has 0 aliphatic carbocycles. The van der Waals surface area contributed by atoms with E-state index in [0.29, 0.717) is 0 Å². The molecule has 0 bridgehead atoms. The molecule has 1 aromatic heterocycles. The summed E-state index contributed by atoms with van der Waals surface area (Å²) in [5.74, 6) is 0.739. The maximum Gasteiger partial charge on any atom is 0.207 e. The van der Waals surface area contributed by atoms with E-state index in [4.69, 9.17) is 11.6 Å². The predicted octanol–water partition coefficient (Wildman–Crippen LogP) is 4.42. The molecule has 92 valence electrons. The van der Waals surface area contributed by atoms with Crippen molar-refractivity contribution >= 4 is 50.2 Å². The van der Waals surface area contributed by atoms with Crippen LogP contribution in [0.15, 0.2) is 41.4 Å². The molecule has 1 aliphatic heterocycles. The summed E-state index contributed by atoms with van der Waals surface area (Å²) in [7, 11) is -0.861. The van der Waals surface area contributed by atoms with Crippen LogP contribution >= 0.6 is 33.8 Å². The summed E-state index contributed by atoms with van der Waals surface area (Å²) < 4.78 is 0.766. The fourth-order valence-electron chi connectivity index (χ4n) is 1.82. The zero-order valence-electron chi connectivity index (χ0n) is 9.34. The number of carbonyl (C=O) groups excluding carboxylic acids is 1. The van der Waals surface area contributed by atoms with Gasteiger partial charge in [-0.15, -0.1) is 22.2 Å². The third kappa shape index (κ3) is 2.23. The number of para-hydroxylation sites is 1. The normalized spacial score (nSPS) is 19.8. The smallest absolute Gasteiger partial charge is 0.207 e. The monoisotopic (exact) mass is 295 g/mol. The van der Waals surface area contributed by atoms with Gasteiger partial charge in [-0.3, -0.25) is 9.79 Å². The minimum absolute atomic E-state index is 0.208. The number of hydrogen-bond acceptors (Lipinski definition) is 3. The highest BCUT2D eigenvalue weighted by Gasteiger charge is 2.21. The van der Waals surface area contributed by atoms with Crippen LogP contribution in [-0.2, 0) is 5.75 Å². The fraction of sp³-hybridized carbons (Fsp3) is 0.0769. The lowest BCUT2D eigenvalue weighted by atomic mass is 10.2. The first-order valence-corrected chi connectivity index (χ1v) is 8.21. The van der Waals surface area contributed by atoms with Crippen molar-refractivity contribution < 1.29 is 4.79 Å². The van der Waals surface area contributed by atoms with Crippen LogP contribution in [0.1, 0.15) is 15.2 Å². The van der Waals surface area contributed by atoms with Gasteiger partial charge < -0.3 is 0 Å². The van der Waals surface area contributed by atoms with E-state index < -0.39 is 10.9 Å². The molecule has 3 rings (SSSR count). The first-order valence-electron chi connectivity index (χ1n) is 5.42. The lowest BCUT2D eigenvalue weighted by Gasteiger charge is -2.19. The minimum Gasteiger partial charge on any atom is -0.283 e. The quantitative estimate of drug-likeness (QED) is 0.817. The lowest BCUT2D eigenvalue weighted by molar-refractivity contribution is 0.108. The summed E-state index contributed by atoms with van der Waals surface area (Å²) in [6.45, 7) is 0. The number of thiol groups is 1. The number of carbonyl (C=O) groups is 1. The van der Waals surface area contributed by atoms with Crippen molar-refractivity contribution in [3.05, 3.63) is 51.2 Å². The van der Waals surface area contributed by atoms with Crippen LogP contribution < -0.4 is 0 Å². The molecule has 0 saturated carbocycles. The Balaban J connectivity index is 1.87. The number of nitrogens with zero attached hydrogens (tertiary/aromatic N) is 1. The Morgan fingerprint density at radius 1 is 1.22 bits per heavy atom. The largest absolute Gasteiger partial charge is 0.283 e. The van der Waals surface area contributed by atoms with Crippen LogP contribution in [0.2, 0.25) is 4.34 Å². The summed E-state index contributed by atoms with van der Waals surface area (Å²) in [6.07, 6.45) is 0. The summed E-state index contributed by atoms with van der Waals surface area (Å²) in [5, 5.41) is 0.208. The van der Waals surface area contributed by atoms with Crippen molar-refractivity contribution in [1.82, 2.24) is 0 Å². The summed E-state index contributed by atoms with van der Waals surface area (Å²) in [6, 6.07) is 11.4. The Kier molecular flexibility index (Phi) is 3.24. The van der Waals surface area contributed by atoms with Gasteiger partial charge in [-0.1, -0.05) is 23.7 Å². The van der Waals surface area contributed by atoms with Gasteiger partial charge in [0.1, 0.15) is 0 Å². The molecular formula is C13H10ClNOS2. The van der Waals surface area contributed by atoms with Gasteiger partial charge in [0, 0.05) is 16.2 Å². The summed E-state index contributed by atoms with van der Waals surface area (Å²) >= 11 is 7.44. The van der Waals surface area contributed by atoms with Gasteiger partial charge >= 0.3 is 0 Å². The van der Waals surface area contributed by atoms with Crippen LogP contribution in [0, 0.1) is 0 Å². The summed E-state index contributed by atoms with van der Waals surface area (Å²) in [4.78, 5) is 17.9. The zero-order valence-corrected chi connectivity index (χ0v) is 11.8. The Hall–Kier alpha value is -1.10. The number of thiophene rings is 1. The van der Waals surface area contributed by atoms with Gasteiger partial charge in [-0.2, -0.15) is 0 Å².